The molecule has 2 amide bonds. The van der Waals surface area contributed by atoms with Crippen molar-refractivity contribution in [3.05, 3.63) is 12.2 Å². The van der Waals surface area contributed by atoms with Crippen LogP contribution in [0.2, 0.25) is 0 Å². The fraction of sp³-hybridized carbons (Fsp3) is 0.872. The molecular weight excluding hydrogens is 592 g/mol. The number of hydrogen-bond acceptors (Lipinski definition) is 5. The van der Waals surface area contributed by atoms with Crippen LogP contribution in [0.1, 0.15) is 165 Å². The zero-order valence-electron chi connectivity index (χ0n) is 31.3. The third-order valence-electron chi connectivity index (χ3n) is 10.7. The first-order valence-corrected chi connectivity index (χ1v) is 18.9. The lowest BCUT2D eigenvalue weighted by Gasteiger charge is -2.46. The monoisotopic (exact) mass is 663 g/mol. The van der Waals surface area contributed by atoms with Crippen molar-refractivity contribution in [3.63, 3.8) is 0 Å². The molecule has 0 spiro atoms. The van der Waals surface area contributed by atoms with Crippen molar-refractivity contribution in [2.45, 2.75) is 182 Å². The molecule has 47 heavy (non-hydrogen) atoms. The molecule has 3 N–H and O–H groups in total. The maximum Gasteiger partial charge on any atom is 0.313 e. The Balaban J connectivity index is 1.91. The van der Waals surface area contributed by atoms with Gasteiger partial charge in [-0.2, -0.15) is 0 Å². The summed E-state index contributed by atoms with van der Waals surface area (Å²) in [6.07, 6.45) is 22.7. The molecule has 1 heterocycles. The highest BCUT2D eigenvalue weighted by atomic mass is 16.7. The second-order valence-electron chi connectivity index (χ2n) is 16.3. The fourth-order valence-electron chi connectivity index (χ4n) is 7.27. The van der Waals surface area contributed by atoms with Crippen LogP contribution in [0.4, 0.5) is 0 Å². The van der Waals surface area contributed by atoms with E-state index in [2.05, 4.69) is 29.7 Å². The molecule has 1 saturated carbocycles. The van der Waals surface area contributed by atoms with Crippen LogP contribution < -0.4 is 10.6 Å². The minimum atomic E-state index is -1.33. The van der Waals surface area contributed by atoms with Gasteiger partial charge >= 0.3 is 5.97 Å². The van der Waals surface area contributed by atoms with Gasteiger partial charge in [0.2, 0.25) is 11.8 Å². The predicted octanol–water partition coefficient (Wildman–Crippen LogP) is 8.72. The maximum absolute atomic E-state index is 13.6. The number of unbranched alkanes of at least 4 members (excludes halogenated alkanes) is 10. The number of ether oxygens (including phenoxy) is 2. The number of amides is 2. The number of rotatable bonds is 22. The van der Waals surface area contributed by atoms with E-state index in [9.17, 15) is 19.5 Å². The SMILES string of the molecule is CCCCCCCC/C=C/CCCCCCC(C)(C)C(=O)NC(C)C(CNC(=O)C1OC(C)(C)OCC1(C)C)(C(=O)O)C1CCCC1. The number of carbonyl (C=O) groups excluding carboxylic acids is 2. The van der Waals surface area contributed by atoms with Crippen LogP contribution in [0.15, 0.2) is 12.2 Å². The summed E-state index contributed by atoms with van der Waals surface area (Å²) in [4.78, 5) is 40.3. The second-order valence-corrected chi connectivity index (χ2v) is 16.3. The predicted molar refractivity (Wildman–Crippen MR) is 190 cm³/mol. The van der Waals surface area contributed by atoms with Crippen LogP contribution in [-0.4, -0.2) is 54.0 Å². The van der Waals surface area contributed by atoms with Gasteiger partial charge in [-0.15, -0.1) is 0 Å². The van der Waals surface area contributed by atoms with E-state index in [1.165, 1.54) is 51.4 Å². The number of carbonyl (C=O) groups is 3. The Morgan fingerprint density at radius 1 is 0.894 bits per heavy atom. The van der Waals surface area contributed by atoms with Gasteiger partial charge in [0.25, 0.3) is 0 Å². The third kappa shape index (κ3) is 12.8. The van der Waals surface area contributed by atoms with Gasteiger partial charge in [0.15, 0.2) is 5.79 Å². The second kappa shape index (κ2) is 19.3. The fourth-order valence-corrected chi connectivity index (χ4v) is 7.27. The summed E-state index contributed by atoms with van der Waals surface area (Å²) in [5.74, 6) is -2.53. The van der Waals surface area contributed by atoms with E-state index in [1.807, 2.05) is 27.7 Å². The normalized spacial score (nSPS) is 21.7. The van der Waals surface area contributed by atoms with Crippen LogP contribution in [0.25, 0.3) is 0 Å². The topological polar surface area (TPSA) is 114 Å². The maximum atomic E-state index is 13.6. The van der Waals surface area contributed by atoms with Gasteiger partial charge < -0.3 is 25.2 Å². The molecule has 272 valence electrons. The van der Waals surface area contributed by atoms with Crippen molar-refractivity contribution in [1.29, 1.82) is 0 Å². The molecule has 2 fully saturated rings. The summed E-state index contributed by atoms with van der Waals surface area (Å²) < 4.78 is 11.8. The lowest BCUT2D eigenvalue weighted by atomic mass is 9.68. The van der Waals surface area contributed by atoms with Gasteiger partial charge in [-0.25, -0.2) is 0 Å². The van der Waals surface area contributed by atoms with Crippen LogP contribution in [0.3, 0.4) is 0 Å². The molecule has 0 aromatic heterocycles. The molecule has 0 aromatic rings. The van der Waals surface area contributed by atoms with Gasteiger partial charge in [0.05, 0.1) is 6.61 Å². The van der Waals surface area contributed by atoms with Crippen LogP contribution in [0.5, 0.6) is 0 Å². The summed E-state index contributed by atoms with van der Waals surface area (Å²) in [6.45, 7) is 15.6. The number of hydrogen-bond donors (Lipinski definition) is 3. The Hall–Kier alpha value is -1.93. The van der Waals surface area contributed by atoms with E-state index >= 15 is 0 Å². The molecule has 0 radical (unpaired) electrons. The zero-order chi connectivity index (χ0) is 35.1. The molecular formula is C39H70N2O6. The Morgan fingerprint density at radius 2 is 1.45 bits per heavy atom. The third-order valence-corrected chi connectivity index (χ3v) is 10.7. The number of nitrogens with one attached hydrogen (secondary N) is 2. The Bertz CT molecular complexity index is 999. The van der Waals surface area contributed by atoms with Gasteiger partial charge in [0.1, 0.15) is 11.5 Å². The number of carboxylic acids is 1. The summed E-state index contributed by atoms with van der Waals surface area (Å²) in [7, 11) is 0. The van der Waals surface area contributed by atoms with Gasteiger partial charge in [-0.3, -0.25) is 14.4 Å². The minimum absolute atomic E-state index is 0.0711. The summed E-state index contributed by atoms with van der Waals surface area (Å²) in [5, 5.41) is 16.8. The van der Waals surface area contributed by atoms with Gasteiger partial charge in [-0.1, -0.05) is 111 Å². The highest BCUT2D eigenvalue weighted by Gasteiger charge is 2.53. The molecule has 2 aliphatic rings. The van der Waals surface area contributed by atoms with Crippen molar-refractivity contribution in [3.8, 4) is 0 Å². The zero-order valence-corrected chi connectivity index (χ0v) is 31.3. The van der Waals surface area contributed by atoms with Crippen molar-refractivity contribution in [1.82, 2.24) is 10.6 Å². The Kier molecular flexibility index (Phi) is 16.9. The number of allylic oxidation sites excluding steroid dienone is 2. The lowest BCUT2D eigenvalue weighted by Crippen LogP contribution is -2.62. The standard InChI is InChI=1S/C39H70N2O6/c1-9-10-11-12-13-14-15-16-17-18-19-20-21-24-27-36(3,4)34(43)41-30(2)39(35(44)45,31-25-22-23-26-31)28-40-33(42)32-37(5,6)29-46-38(7,8)47-32/h16-17,30-32H,9-15,18-29H2,1-8H3,(H,40,42)(H,41,43)(H,44,45)/b17-16+. The van der Waals surface area contributed by atoms with Crippen LogP contribution in [0, 0.1) is 22.2 Å². The molecule has 1 aliphatic carbocycles. The van der Waals surface area contributed by atoms with E-state index in [-0.39, 0.29) is 24.3 Å². The molecule has 2 rings (SSSR count). The number of aliphatic carboxylic acids is 1. The molecule has 0 bridgehead atoms. The van der Waals surface area contributed by atoms with E-state index in [0.717, 1.165) is 57.8 Å². The molecule has 3 unspecified atom stereocenters. The lowest BCUT2D eigenvalue weighted by molar-refractivity contribution is -0.304. The van der Waals surface area contributed by atoms with Crippen LogP contribution >= 0.6 is 0 Å². The van der Waals surface area contributed by atoms with E-state index < -0.39 is 40.1 Å². The first-order valence-electron chi connectivity index (χ1n) is 18.9. The molecule has 8 nitrogen and oxygen atoms in total. The van der Waals surface area contributed by atoms with E-state index in [0.29, 0.717) is 6.61 Å². The first kappa shape index (κ1) is 41.2. The highest BCUT2D eigenvalue weighted by molar-refractivity contribution is 5.85. The average molecular weight is 663 g/mol. The molecule has 8 heteroatoms. The van der Waals surface area contributed by atoms with E-state index in [4.69, 9.17) is 9.47 Å². The van der Waals surface area contributed by atoms with E-state index in [1.54, 1.807) is 20.8 Å². The summed E-state index contributed by atoms with van der Waals surface area (Å²) in [6, 6.07) is -0.668. The van der Waals surface area contributed by atoms with Gasteiger partial charge in [0, 0.05) is 23.4 Å². The highest BCUT2D eigenvalue weighted by Crippen LogP contribution is 2.43. The Labute approximate surface area is 287 Å². The van der Waals surface area contributed by atoms with Crippen molar-refractivity contribution in [2.24, 2.45) is 22.2 Å². The summed E-state index contributed by atoms with van der Waals surface area (Å²) >= 11 is 0. The van der Waals surface area contributed by atoms with Gasteiger partial charge in [-0.05, 0) is 71.6 Å². The molecule has 1 saturated heterocycles. The van der Waals surface area contributed by atoms with Crippen molar-refractivity contribution in [2.75, 3.05) is 13.2 Å². The molecule has 1 aliphatic heterocycles. The molecule has 3 atom stereocenters. The minimum Gasteiger partial charge on any atom is -0.481 e. The average Bonchev–Trinajstić information content (AvgIpc) is 3.54. The first-order chi connectivity index (χ1) is 22.1. The number of carboxylic acid groups (broad SMARTS) is 1. The van der Waals surface area contributed by atoms with Crippen LogP contribution in [-0.2, 0) is 23.9 Å². The smallest absolute Gasteiger partial charge is 0.313 e. The Morgan fingerprint density at radius 3 is 2.02 bits per heavy atom. The summed E-state index contributed by atoms with van der Waals surface area (Å²) in [5.41, 5.74) is -2.53. The molecule has 0 aromatic carbocycles. The largest absolute Gasteiger partial charge is 0.481 e. The quantitative estimate of drug-likeness (QED) is 0.0789. The van der Waals surface area contributed by atoms with Crippen molar-refractivity contribution < 1.29 is 29.0 Å². The van der Waals surface area contributed by atoms with Crippen molar-refractivity contribution >= 4 is 17.8 Å².